The Balaban J connectivity index is 2.64. The van der Waals surface area contributed by atoms with Gasteiger partial charge in [-0.05, 0) is 33.9 Å². The van der Waals surface area contributed by atoms with Crippen molar-refractivity contribution in [1.82, 2.24) is 0 Å². The Labute approximate surface area is 95.9 Å². The topological polar surface area (TPSA) is 0 Å². The molecule has 0 saturated carbocycles. The molecule has 0 aliphatic carbocycles. The van der Waals surface area contributed by atoms with Gasteiger partial charge in [0.05, 0.1) is 0 Å². The van der Waals surface area contributed by atoms with Gasteiger partial charge in [0.15, 0.2) is 0 Å². The van der Waals surface area contributed by atoms with Gasteiger partial charge in [-0.1, -0.05) is 56.6 Å². The molecule has 1 heteroatoms. The Morgan fingerprint density at radius 3 is 2.20 bits per heavy atom. The van der Waals surface area contributed by atoms with Gasteiger partial charge < -0.3 is 0 Å². The zero-order valence-electron chi connectivity index (χ0n) is 9.34. The summed E-state index contributed by atoms with van der Waals surface area (Å²) in [4.78, 5) is 0. The molecule has 0 aliphatic heterocycles. The third-order valence-corrected chi connectivity index (χ3v) is 2.90. The molecule has 0 amide bonds. The van der Waals surface area contributed by atoms with Gasteiger partial charge in [0.1, 0.15) is 0 Å². The van der Waals surface area contributed by atoms with E-state index in [4.69, 9.17) is 11.6 Å². The molecule has 0 spiro atoms. The average molecular weight is 219 g/mol. The van der Waals surface area contributed by atoms with Crippen LogP contribution in [0.15, 0.2) is 36.4 Å². The van der Waals surface area contributed by atoms with Crippen molar-refractivity contribution in [2.75, 3.05) is 0 Å². The molecule has 15 heavy (non-hydrogen) atoms. The van der Waals surface area contributed by atoms with E-state index in [-0.39, 0.29) is 5.41 Å². The predicted molar refractivity (Wildman–Crippen MR) is 67.7 cm³/mol. The van der Waals surface area contributed by atoms with Crippen LogP contribution < -0.4 is 0 Å². The van der Waals surface area contributed by atoms with Gasteiger partial charge in [-0.2, -0.15) is 0 Å². The summed E-state index contributed by atoms with van der Waals surface area (Å²) in [5.74, 6) is 0. The summed E-state index contributed by atoms with van der Waals surface area (Å²) in [6.07, 6.45) is 0. The normalized spacial score (nSPS) is 12.0. The van der Waals surface area contributed by atoms with Crippen molar-refractivity contribution >= 4 is 22.4 Å². The van der Waals surface area contributed by atoms with E-state index in [2.05, 4.69) is 45.0 Å². The monoisotopic (exact) mass is 218 g/mol. The van der Waals surface area contributed by atoms with Crippen molar-refractivity contribution < 1.29 is 0 Å². The van der Waals surface area contributed by atoms with Crippen LogP contribution in [0.4, 0.5) is 0 Å². The minimum absolute atomic E-state index is 0.191. The highest BCUT2D eigenvalue weighted by Gasteiger charge is 2.13. The Kier molecular flexibility index (Phi) is 2.47. The number of hydrogen-bond acceptors (Lipinski definition) is 0. The smallest absolute Gasteiger partial charge is 0.0412 e. The molecule has 2 rings (SSSR count). The second-order valence-corrected chi connectivity index (χ2v) is 5.39. The van der Waals surface area contributed by atoms with E-state index >= 15 is 0 Å². The summed E-state index contributed by atoms with van der Waals surface area (Å²) >= 11 is 5.99. The van der Waals surface area contributed by atoms with Crippen molar-refractivity contribution in [3.05, 3.63) is 47.0 Å². The van der Waals surface area contributed by atoms with Crippen LogP contribution in [-0.2, 0) is 5.41 Å². The minimum atomic E-state index is 0.191. The fraction of sp³-hybridized carbons (Fsp3) is 0.286. The molecule has 0 aromatic heterocycles. The molecular formula is C14H15Cl. The van der Waals surface area contributed by atoms with Crippen LogP contribution in [0.2, 0.25) is 5.02 Å². The minimum Gasteiger partial charge on any atom is -0.0843 e. The lowest BCUT2D eigenvalue weighted by Gasteiger charge is -2.19. The molecule has 0 saturated heterocycles. The maximum atomic E-state index is 5.99. The second-order valence-electron chi connectivity index (χ2n) is 4.96. The summed E-state index contributed by atoms with van der Waals surface area (Å²) < 4.78 is 0. The van der Waals surface area contributed by atoms with Gasteiger partial charge in [-0.3, -0.25) is 0 Å². The molecule has 0 atom stereocenters. The maximum Gasteiger partial charge on any atom is 0.0412 e. The van der Waals surface area contributed by atoms with E-state index in [0.717, 1.165) is 5.02 Å². The van der Waals surface area contributed by atoms with Crippen molar-refractivity contribution in [3.63, 3.8) is 0 Å². The molecule has 2 aromatic rings. The van der Waals surface area contributed by atoms with Crippen molar-refractivity contribution in [2.45, 2.75) is 26.2 Å². The highest BCUT2D eigenvalue weighted by atomic mass is 35.5. The summed E-state index contributed by atoms with van der Waals surface area (Å²) in [6.45, 7) is 6.66. The van der Waals surface area contributed by atoms with Crippen LogP contribution in [0.5, 0.6) is 0 Å². The zero-order valence-corrected chi connectivity index (χ0v) is 10.1. The van der Waals surface area contributed by atoms with E-state index in [1.807, 2.05) is 12.1 Å². The first-order chi connectivity index (χ1) is 6.97. The van der Waals surface area contributed by atoms with Gasteiger partial charge in [0, 0.05) is 5.02 Å². The quantitative estimate of drug-likeness (QED) is 0.597. The maximum absolute atomic E-state index is 5.99. The molecule has 0 nitrogen and oxygen atoms in total. The van der Waals surface area contributed by atoms with Gasteiger partial charge in [-0.15, -0.1) is 0 Å². The molecule has 0 radical (unpaired) electrons. The van der Waals surface area contributed by atoms with E-state index < -0.39 is 0 Å². The lowest BCUT2D eigenvalue weighted by atomic mass is 9.86. The van der Waals surface area contributed by atoms with Crippen LogP contribution >= 0.6 is 11.6 Å². The number of halogens is 1. The molecule has 0 fully saturated rings. The fourth-order valence-electron chi connectivity index (χ4n) is 1.68. The molecule has 0 heterocycles. The van der Waals surface area contributed by atoms with Crippen LogP contribution in [0.25, 0.3) is 10.8 Å². The predicted octanol–water partition coefficient (Wildman–Crippen LogP) is 4.79. The highest BCUT2D eigenvalue weighted by molar-refractivity contribution is 6.31. The first kappa shape index (κ1) is 10.5. The van der Waals surface area contributed by atoms with Gasteiger partial charge >= 0.3 is 0 Å². The Morgan fingerprint density at radius 1 is 0.867 bits per heavy atom. The summed E-state index contributed by atoms with van der Waals surface area (Å²) in [5, 5.41) is 3.26. The number of fused-ring (bicyclic) bond motifs is 1. The van der Waals surface area contributed by atoms with Crippen LogP contribution in [-0.4, -0.2) is 0 Å². The molecular weight excluding hydrogens is 204 g/mol. The third kappa shape index (κ3) is 2.15. The lowest BCUT2D eigenvalue weighted by Crippen LogP contribution is -2.10. The number of rotatable bonds is 0. The molecule has 2 aromatic carbocycles. The summed E-state index contributed by atoms with van der Waals surface area (Å²) in [7, 11) is 0. The van der Waals surface area contributed by atoms with Gasteiger partial charge in [-0.25, -0.2) is 0 Å². The molecule has 0 bridgehead atoms. The Hall–Kier alpha value is -1.01. The molecule has 0 unspecified atom stereocenters. The lowest BCUT2D eigenvalue weighted by molar-refractivity contribution is 0.591. The van der Waals surface area contributed by atoms with Crippen LogP contribution in [0.3, 0.4) is 0 Å². The Bertz CT molecular complexity index is 492. The largest absolute Gasteiger partial charge is 0.0843 e. The van der Waals surface area contributed by atoms with Gasteiger partial charge in [0.2, 0.25) is 0 Å². The van der Waals surface area contributed by atoms with Crippen molar-refractivity contribution in [3.8, 4) is 0 Å². The molecule has 78 valence electrons. The van der Waals surface area contributed by atoms with E-state index in [9.17, 15) is 0 Å². The second kappa shape index (κ2) is 3.53. The molecule has 0 aliphatic rings. The highest BCUT2D eigenvalue weighted by Crippen LogP contribution is 2.27. The van der Waals surface area contributed by atoms with E-state index in [1.54, 1.807) is 0 Å². The fourth-order valence-corrected chi connectivity index (χ4v) is 1.86. The van der Waals surface area contributed by atoms with Crippen LogP contribution in [0, 0.1) is 0 Å². The van der Waals surface area contributed by atoms with Crippen LogP contribution in [0.1, 0.15) is 26.3 Å². The van der Waals surface area contributed by atoms with Crippen molar-refractivity contribution in [1.29, 1.82) is 0 Å². The summed E-state index contributed by atoms with van der Waals surface area (Å²) in [6, 6.07) is 12.6. The SMILES string of the molecule is CC(C)(C)c1ccc2ccc(Cl)cc2c1. The van der Waals surface area contributed by atoms with Crippen molar-refractivity contribution in [2.24, 2.45) is 0 Å². The molecule has 0 N–H and O–H groups in total. The third-order valence-electron chi connectivity index (χ3n) is 2.67. The van der Waals surface area contributed by atoms with E-state index in [0.29, 0.717) is 0 Å². The zero-order chi connectivity index (χ0) is 11.1. The average Bonchev–Trinajstić information content (AvgIpc) is 2.15. The number of benzene rings is 2. The first-order valence-corrected chi connectivity index (χ1v) is 5.54. The number of hydrogen-bond donors (Lipinski definition) is 0. The standard InChI is InChI=1S/C14H15Cl/c1-14(2,3)12-6-4-10-5-7-13(15)9-11(10)8-12/h4-9H,1-3H3. The Morgan fingerprint density at radius 2 is 1.53 bits per heavy atom. The van der Waals surface area contributed by atoms with E-state index in [1.165, 1.54) is 16.3 Å². The summed E-state index contributed by atoms with van der Waals surface area (Å²) in [5.41, 5.74) is 1.54. The van der Waals surface area contributed by atoms with Gasteiger partial charge in [0.25, 0.3) is 0 Å². The first-order valence-electron chi connectivity index (χ1n) is 5.17.